The van der Waals surface area contributed by atoms with E-state index in [0.29, 0.717) is 18.4 Å². The summed E-state index contributed by atoms with van der Waals surface area (Å²) in [6.07, 6.45) is 3.31. The number of carbonyl (C=O) groups excluding carboxylic acids is 1. The van der Waals surface area contributed by atoms with Gasteiger partial charge < -0.3 is 25.5 Å². The number of benzene rings is 1. The van der Waals surface area contributed by atoms with E-state index in [4.69, 9.17) is 21.5 Å². The van der Waals surface area contributed by atoms with Crippen LogP contribution in [0.3, 0.4) is 0 Å². The maximum atomic E-state index is 15.2. The monoisotopic (exact) mass is 469 g/mol. The van der Waals surface area contributed by atoms with Gasteiger partial charge in [-0.1, -0.05) is 11.1 Å². The second kappa shape index (κ2) is 12.0. The number of anilines is 1. The van der Waals surface area contributed by atoms with Gasteiger partial charge in [0, 0.05) is 5.56 Å². The molecule has 0 heterocycles. The topological polar surface area (TPSA) is 133 Å². The lowest BCUT2D eigenvalue weighted by Crippen LogP contribution is -2.41. The molecular formula is C21H22F3N3O6. The lowest BCUT2D eigenvalue weighted by atomic mass is 9.90. The second-order valence-electron chi connectivity index (χ2n) is 6.70. The molecule has 0 aromatic heterocycles. The van der Waals surface area contributed by atoms with Gasteiger partial charge in [0.1, 0.15) is 25.1 Å². The van der Waals surface area contributed by atoms with E-state index in [9.17, 15) is 18.7 Å². The van der Waals surface area contributed by atoms with E-state index in [1.54, 1.807) is 0 Å². The molecule has 0 saturated carbocycles. The van der Waals surface area contributed by atoms with Crippen molar-refractivity contribution < 1.29 is 43.0 Å². The maximum absolute atomic E-state index is 15.2. The third-order valence-corrected chi connectivity index (χ3v) is 4.20. The standard InChI is InChI=1S/C21H22F3N3O6/c1-2-13-3-4-17(16(22)7-13)26-18-8-19(23)21(24,12-25-32-6-5-28)9-15(18)20(31)27-33-11-14(30)10-29/h1,3-4,7-9,12,14,19,26,28-30H,5-6,10-11H2,(H,27,31). The number of halogens is 3. The fourth-order valence-electron chi connectivity index (χ4n) is 2.52. The Morgan fingerprint density at radius 3 is 2.82 bits per heavy atom. The van der Waals surface area contributed by atoms with Crippen molar-refractivity contribution in [3.05, 3.63) is 53.0 Å². The summed E-state index contributed by atoms with van der Waals surface area (Å²) in [6, 6.07) is 3.69. The Kier molecular flexibility index (Phi) is 9.43. The molecule has 33 heavy (non-hydrogen) atoms. The molecule has 0 bridgehead atoms. The zero-order chi connectivity index (χ0) is 24.4. The van der Waals surface area contributed by atoms with E-state index in [0.717, 1.165) is 6.07 Å². The molecule has 1 aromatic rings. The first-order valence-corrected chi connectivity index (χ1v) is 9.53. The first-order valence-electron chi connectivity index (χ1n) is 9.53. The number of hydrogen-bond donors (Lipinski definition) is 5. The molecule has 0 saturated heterocycles. The van der Waals surface area contributed by atoms with E-state index < -0.39 is 55.1 Å². The zero-order valence-corrected chi connectivity index (χ0v) is 17.2. The smallest absolute Gasteiger partial charge is 0.276 e. The zero-order valence-electron chi connectivity index (χ0n) is 17.2. The molecule has 12 heteroatoms. The predicted molar refractivity (Wildman–Crippen MR) is 112 cm³/mol. The molecule has 3 atom stereocenters. The highest BCUT2D eigenvalue weighted by Crippen LogP contribution is 2.32. The van der Waals surface area contributed by atoms with E-state index >= 15 is 4.39 Å². The Labute approximate surface area is 187 Å². The quantitative estimate of drug-likeness (QED) is 0.138. The third kappa shape index (κ3) is 7.06. The Bertz CT molecular complexity index is 978. The van der Waals surface area contributed by atoms with Crippen molar-refractivity contribution in [2.24, 2.45) is 5.16 Å². The van der Waals surface area contributed by atoms with E-state index in [1.165, 1.54) is 12.1 Å². The summed E-state index contributed by atoms with van der Waals surface area (Å²) in [5, 5.41) is 32.5. The molecule has 5 N–H and O–H groups in total. The number of hydroxylamine groups is 1. The maximum Gasteiger partial charge on any atom is 0.276 e. The number of aliphatic hydroxyl groups is 3. The number of amides is 1. The Hall–Kier alpha value is -3.37. The number of oxime groups is 1. The van der Waals surface area contributed by atoms with Gasteiger partial charge in [-0.25, -0.2) is 18.7 Å². The largest absolute Gasteiger partial charge is 0.394 e. The van der Waals surface area contributed by atoms with Crippen LogP contribution >= 0.6 is 0 Å². The van der Waals surface area contributed by atoms with Gasteiger partial charge in [0.2, 0.25) is 5.67 Å². The lowest BCUT2D eigenvalue weighted by Gasteiger charge is -2.27. The molecule has 1 aliphatic rings. The van der Waals surface area contributed by atoms with Crippen molar-refractivity contribution in [3.63, 3.8) is 0 Å². The van der Waals surface area contributed by atoms with Crippen LogP contribution in [0.1, 0.15) is 5.56 Å². The minimum Gasteiger partial charge on any atom is -0.394 e. The molecule has 0 radical (unpaired) electrons. The number of allylic oxidation sites excluding steroid dienone is 2. The molecular weight excluding hydrogens is 447 g/mol. The van der Waals surface area contributed by atoms with Crippen LogP contribution < -0.4 is 10.8 Å². The molecule has 0 aliphatic heterocycles. The summed E-state index contributed by atoms with van der Waals surface area (Å²) < 4.78 is 44.2. The van der Waals surface area contributed by atoms with Gasteiger partial charge in [-0.2, -0.15) is 0 Å². The molecule has 2 rings (SSSR count). The molecule has 178 valence electrons. The van der Waals surface area contributed by atoms with Gasteiger partial charge in [-0.3, -0.25) is 9.63 Å². The Balaban J connectivity index is 2.33. The van der Waals surface area contributed by atoms with Crippen molar-refractivity contribution in [2.45, 2.75) is 17.9 Å². The SMILES string of the molecule is C#Cc1ccc(NC2=CC(F)C(F)(C=NOCCO)C=C2C(=O)NOCC(O)CO)c(F)c1. The van der Waals surface area contributed by atoms with Gasteiger partial charge in [0.15, 0.2) is 6.17 Å². The second-order valence-corrected chi connectivity index (χ2v) is 6.70. The molecule has 1 aromatic carbocycles. The van der Waals surface area contributed by atoms with Crippen LogP contribution in [0.2, 0.25) is 0 Å². The van der Waals surface area contributed by atoms with Crippen LogP contribution in [0.5, 0.6) is 0 Å². The number of nitrogens with zero attached hydrogens (tertiary/aromatic N) is 1. The summed E-state index contributed by atoms with van der Waals surface area (Å²) in [5.41, 5.74) is -1.72. The Morgan fingerprint density at radius 2 is 2.18 bits per heavy atom. The highest BCUT2D eigenvalue weighted by atomic mass is 19.2. The van der Waals surface area contributed by atoms with Gasteiger partial charge in [-0.05, 0) is 30.4 Å². The number of alkyl halides is 2. The van der Waals surface area contributed by atoms with E-state index in [-0.39, 0.29) is 23.6 Å². The van der Waals surface area contributed by atoms with Crippen molar-refractivity contribution in [2.75, 3.05) is 31.7 Å². The van der Waals surface area contributed by atoms with Crippen LogP contribution in [0.25, 0.3) is 0 Å². The van der Waals surface area contributed by atoms with Gasteiger partial charge in [0.25, 0.3) is 5.91 Å². The molecule has 1 aliphatic carbocycles. The highest BCUT2D eigenvalue weighted by molar-refractivity contribution is 6.00. The number of aliphatic hydroxyl groups excluding tert-OH is 3. The molecule has 0 spiro atoms. The predicted octanol–water partition coefficient (Wildman–Crippen LogP) is 0.485. The average molecular weight is 469 g/mol. The molecule has 9 nitrogen and oxygen atoms in total. The van der Waals surface area contributed by atoms with Gasteiger partial charge in [-0.15, -0.1) is 6.42 Å². The van der Waals surface area contributed by atoms with E-state index in [2.05, 4.69) is 21.2 Å². The number of hydrogen-bond acceptors (Lipinski definition) is 8. The lowest BCUT2D eigenvalue weighted by molar-refractivity contribution is -0.132. The van der Waals surface area contributed by atoms with Crippen molar-refractivity contribution in [1.29, 1.82) is 0 Å². The van der Waals surface area contributed by atoms with E-state index in [1.807, 2.05) is 5.48 Å². The summed E-state index contributed by atoms with van der Waals surface area (Å²) >= 11 is 0. The number of rotatable bonds is 11. The van der Waals surface area contributed by atoms with Crippen LogP contribution in [0.4, 0.5) is 18.9 Å². The third-order valence-electron chi connectivity index (χ3n) is 4.20. The minimum atomic E-state index is -2.93. The van der Waals surface area contributed by atoms with Crippen molar-refractivity contribution >= 4 is 17.8 Å². The van der Waals surface area contributed by atoms with Crippen molar-refractivity contribution in [1.82, 2.24) is 5.48 Å². The number of nitrogens with one attached hydrogen (secondary N) is 2. The summed E-state index contributed by atoms with van der Waals surface area (Å²) in [6.45, 7) is -1.81. The molecule has 3 unspecified atom stereocenters. The van der Waals surface area contributed by atoms with Gasteiger partial charge >= 0.3 is 0 Å². The van der Waals surface area contributed by atoms with Crippen molar-refractivity contribution in [3.8, 4) is 12.3 Å². The summed E-state index contributed by atoms with van der Waals surface area (Å²) in [4.78, 5) is 21.9. The average Bonchev–Trinajstić information content (AvgIpc) is 2.80. The molecule has 1 amide bonds. The van der Waals surface area contributed by atoms with Crippen LogP contribution in [0, 0.1) is 18.2 Å². The fourth-order valence-corrected chi connectivity index (χ4v) is 2.52. The first kappa shape index (κ1) is 25.9. The fraction of sp³-hybridized carbons (Fsp3) is 0.333. The number of terminal acetylenes is 1. The normalized spacial score (nSPS) is 21.1. The molecule has 0 fully saturated rings. The van der Waals surface area contributed by atoms with Crippen LogP contribution in [0.15, 0.2) is 46.8 Å². The minimum absolute atomic E-state index is 0.172. The first-order chi connectivity index (χ1) is 15.7. The number of carbonyl (C=O) groups is 1. The van der Waals surface area contributed by atoms with Crippen LogP contribution in [-0.2, 0) is 14.5 Å². The van der Waals surface area contributed by atoms with Gasteiger partial charge in [0.05, 0.1) is 36.4 Å². The van der Waals surface area contributed by atoms with Crippen LogP contribution in [-0.4, -0.2) is 71.8 Å². The highest BCUT2D eigenvalue weighted by Gasteiger charge is 2.41. The summed E-state index contributed by atoms with van der Waals surface area (Å²) in [5.74, 6) is 0.368. The Morgan fingerprint density at radius 1 is 1.42 bits per heavy atom. The summed E-state index contributed by atoms with van der Waals surface area (Å²) in [7, 11) is 0.